The van der Waals surface area contributed by atoms with E-state index in [-0.39, 0.29) is 5.75 Å². The molecule has 0 unspecified atom stereocenters. The summed E-state index contributed by atoms with van der Waals surface area (Å²) in [5.41, 5.74) is 6.07. The van der Waals surface area contributed by atoms with E-state index in [2.05, 4.69) is 9.84 Å². The Labute approximate surface area is 84.2 Å². The molecule has 80 valence electrons. The number of hydrogen-bond acceptors (Lipinski definition) is 3. The Bertz CT molecular complexity index is 495. The summed E-state index contributed by atoms with van der Waals surface area (Å²) in [6, 6.07) is 4.75. The Morgan fingerprint density at radius 2 is 2.20 bits per heavy atom. The molecule has 6 heteroatoms. The average molecular weight is 213 g/mol. The second kappa shape index (κ2) is 3.38. The fourth-order valence-corrected chi connectivity index (χ4v) is 1.52. The molecular formula is C9H9F2N3O. The van der Waals surface area contributed by atoms with Crippen LogP contribution in [0.4, 0.5) is 14.6 Å². The van der Waals surface area contributed by atoms with E-state index in [1.807, 2.05) is 0 Å². The summed E-state index contributed by atoms with van der Waals surface area (Å²) in [5, 5.41) is 4.53. The van der Waals surface area contributed by atoms with Crippen LogP contribution in [0.15, 0.2) is 18.2 Å². The summed E-state index contributed by atoms with van der Waals surface area (Å²) in [5.74, 6) is 0.376. The zero-order valence-electron chi connectivity index (χ0n) is 7.95. The average Bonchev–Trinajstić information content (AvgIpc) is 2.43. The number of fused-ring (bicyclic) bond motifs is 1. The first kappa shape index (κ1) is 9.70. The van der Waals surface area contributed by atoms with Gasteiger partial charge in [0, 0.05) is 12.4 Å². The SMILES string of the molecule is Cn1nc(N)c2cccc(OC(F)F)c21. The third-order valence-corrected chi connectivity index (χ3v) is 2.07. The van der Waals surface area contributed by atoms with Crippen LogP contribution in [0.5, 0.6) is 5.75 Å². The number of nitrogens with two attached hydrogens (primary N) is 1. The molecule has 4 nitrogen and oxygen atoms in total. The van der Waals surface area contributed by atoms with Crippen molar-refractivity contribution in [2.45, 2.75) is 6.61 Å². The molecule has 0 aliphatic heterocycles. The summed E-state index contributed by atoms with van der Waals surface area (Å²) in [7, 11) is 1.62. The standard InChI is InChI=1S/C9H9F2N3O/c1-14-7-5(8(12)13-14)3-2-4-6(7)15-9(10)11/h2-4,9H,1H3,(H2,12,13). The molecule has 0 amide bonds. The van der Waals surface area contributed by atoms with E-state index in [1.54, 1.807) is 19.2 Å². The van der Waals surface area contributed by atoms with Crippen LogP contribution in [-0.2, 0) is 7.05 Å². The number of para-hydroxylation sites is 1. The van der Waals surface area contributed by atoms with Crippen molar-refractivity contribution >= 4 is 16.7 Å². The van der Waals surface area contributed by atoms with Crippen molar-refractivity contribution in [2.24, 2.45) is 7.05 Å². The van der Waals surface area contributed by atoms with Gasteiger partial charge in [-0.05, 0) is 12.1 Å². The van der Waals surface area contributed by atoms with E-state index in [4.69, 9.17) is 5.73 Å². The van der Waals surface area contributed by atoms with Crippen molar-refractivity contribution in [2.75, 3.05) is 5.73 Å². The molecule has 0 fully saturated rings. The number of nitrogen functional groups attached to an aromatic ring is 1. The molecule has 1 aromatic heterocycles. The predicted octanol–water partition coefficient (Wildman–Crippen LogP) is 1.76. The van der Waals surface area contributed by atoms with Gasteiger partial charge in [0.15, 0.2) is 11.6 Å². The molecular weight excluding hydrogens is 204 g/mol. The van der Waals surface area contributed by atoms with Crippen molar-refractivity contribution in [1.29, 1.82) is 0 Å². The molecule has 2 rings (SSSR count). The summed E-state index contributed by atoms with van der Waals surface area (Å²) in [6.45, 7) is -2.85. The van der Waals surface area contributed by atoms with Gasteiger partial charge in [0.25, 0.3) is 0 Å². The smallest absolute Gasteiger partial charge is 0.387 e. The molecule has 0 saturated carbocycles. The number of anilines is 1. The highest BCUT2D eigenvalue weighted by Gasteiger charge is 2.13. The van der Waals surface area contributed by atoms with Crippen molar-refractivity contribution in [3.05, 3.63) is 18.2 Å². The lowest BCUT2D eigenvalue weighted by atomic mass is 10.2. The molecule has 0 spiro atoms. The number of aryl methyl sites for hydroxylation is 1. The maximum atomic E-state index is 12.1. The first-order valence-corrected chi connectivity index (χ1v) is 4.25. The van der Waals surface area contributed by atoms with Gasteiger partial charge < -0.3 is 10.5 Å². The number of aromatic nitrogens is 2. The third kappa shape index (κ3) is 1.58. The second-order valence-electron chi connectivity index (χ2n) is 3.04. The summed E-state index contributed by atoms with van der Waals surface area (Å²) < 4.78 is 30.0. The number of rotatable bonds is 2. The zero-order chi connectivity index (χ0) is 11.0. The molecule has 2 aromatic rings. The largest absolute Gasteiger partial charge is 0.433 e. The summed E-state index contributed by atoms with van der Waals surface area (Å²) in [4.78, 5) is 0. The molecule has 15 heavy (non-hydrogen) atoms. The van der Waals surface area contributed by atoms with Crippen LogP contribution in [0.25, 0.3) is 10.9 Å². The van der Waals surface area contributed by atoms with Crippen LogP contribution in [0.2, 0.25) is 0 Å². The van der Waals surface area contributed by atoms with Crippen molar-refractivity contribution < 1.29 is 13.5 Å². The lowest BCUT2D eigenvalue weighted by Crippen LogP contribution is -2.03. The molecule has 1 aromatic carbocycles. The van der Waals surface area contributed by atoms with E-state index in [9.17, 15) is 8.78 Å². The van der Waals surface area contributed by atoms with Crippen LogP contribution in [-0.4, -0.2) is 16.4 Å². The topological polar surface area (TPSA) is 53.1 Å². The van der Waals surface area contributed by atoms with Crippen LogP contribution < -0.4 is 10.5 Å². The van der Waals surface area contributed by atoms with Crippen molar-refractivity contribution in [1.82, 2.24) is 9.78 Å². The minimum atomic E-state index is -2.85. The highest BCUT2D eigenvalue weighted by Crippen LogP contribution is 2.29. The van der Waals surface area contributed by atoms with Crippen molar-refractivity contribution in [3.63, 3.8) is 0 Å². The Morgan fingerprint density at radius 3 is 2.87 bits per heavy atom. The zero-order valence-corrected chi connectivity index (χ0v) is 7.95. The fourth-order valence-electron chi connectivity index (χ4n) is 1.52. The van der Waals surface area contributed by atoms with Gasteiger partial charge in [0.2, 0.25) is 0 Å². The van der Waals surface area contributed by atoms with E-state index in [1.165, 1.54) is 10.7 Å². The maximum absolute atomic E-state index is 12.1. The van der Waals surface area contributed by atoms with E-state index in [0.717, 1.165) is 0 Å². The van der Waals surface area contributed by atoms with Gasteiger partial charge in [-0.25, -0.2) is 0 Å². The number of benzene rings is 1. The number of halogens is 2. The van der Waals surface area contributed by atoms with Gasteiger partial charge in [-0.1, -0.05) is 6.07 Å². The van der Waals surface area contributed by atoms with Gasteiger partial charge >= 0.3 is 6.61 Å². The number of ether oxygens (including phenoxy) is 1. The van der Waals surface area contributed by atoms with Gasteiger partial charge in [0.05, 0.1) is 0 Å². The van der Waals surface area contributed by atoms with E-state index in [0.29, 0.717) is 16.7 Å². The molecule has 0 atom stereocenters. The van der Waals surface area contributed by atoms with E-state index < -0.39 is 6.61 Å². The van der Waals surface area contributed by atoms with Gasteiger partial charge in [-0.2, -0.15) is 13.9 Å². The van der Waals surface area contributed by atoms with Gasteiger partial charge in [-0.3, -0.25) is 4.68 Å². The molecule has 0 aliphatic carbocycles. The lowest BCUT2D eigenvalue weighted by molar-refractivity contribution is -0.0490. The third-order valence-electron chi connectivity index (χ3n) is 2.07. The quantitative estimate of drug-likeness (QED) is 0.826. The lowest BCUT2D eigenvalue weighted by Gasteiger charge is -2.06. The molecule has 2 N–H and O–H groups in total. The van der Waals surface area contributed by atoms with Crippen LogP contribution in [0.3, 0.4) is 0 Å². The minimum absolute atomic E-state index is 0.0780. The Hall–Kier alpha value is -1.85. The second-order valence-corrected chi connectivity index (χ2v) is 3.04. The summed E-state index contributed by atoms with van der Waals surface area (Å²) >= 11 is 0. The van der Waals surface area contributed by atoms with Gasteiger partial charge in [0.1, 0.15) is 5.52 Å². The highest BCUT2D eigenvalue weighted by atomic mass is 19.3. The van der Waals surface area contributed by atoms with Crippen LogP contribution in [0.1, 0.15) is 0 Å². The maximum Gasteiger partial charge on any atom is 0.387 e. The number of hydrogen-bond donors (Lipinski definition) is 1. The monoisotopic (exact) mass is 213 g/mol. The number of nitrogens with zero attached hydrogens (tertiary/aromatic N) is 2. The molecule has 0 bridgehead atoms. The van der Waals surface area contributed by atoms with Crippen LogP contribution in [0, 0.1) is 0 Å². The fraction of sp³-hybridized carbons (Fsp3) is 0.222. The van der Waals surface area contributed by atoms with Crippen LogP contribution >= 0.6 is 0 Å². The first-order chi connectivity index (χ1) is 7.09. The van der Waals surface area contributed by atoms with E-state index >= 15 is 0 Å². The molecule has 0 aliphatic rings. The normalized spacial score (nSPS) is 11.2. The van der Waals surface area contributed by atoms with Crippen molar-refractivity contribution in [3.8, 4) is 5.75 Å². The molecule has 0 radical (unpaired) electrons. The Morgan fingerprint density at radius 1 is 1.47 bits per heavy atom. The summed E-state index contributed by atoms with van der Waals surface area (Å²) in [6.07, 6.45) is 0. The predicted molar refractivity (Wildman–Crippen MR) is 51.8 cm³/mol. The molecule has 1 heterocycles. The first-order valence-electron chi connectivity index (χ1n) is 4.25. The Kier molecular flexibility index (Phi) is 2.18. The highest BCUT2D eigenvalue weighted by molar-refractivity contribution is 5.93. The molecule has 0 saturated heterocycles. The Balaban J connectivity index is 2.64. The minimum Gasteiger partial charge on any atom is -0.433 e. The number of alkyl halides is 2. The van der Waals surface area contributed by atoms with Gasteiger partial charge in [-0.15, -0.1) is 0 Å².